The molecule has 0 unspecified atom stereocenters. The van der Waals surface area contributed by atoms with Crippen LogP contribution in [0.5, 0.6) is 0 Å². The van der Waals surface area contributed by atoms with Gasteiger partial charge in [0.1, 0.15) is 5.82 Å². The lowest BCUT2D eigenvalue weighted by atomic mass is 10.0. The van der Waals surface area contributed by atoms with Crippen molar-refractivity contribution in [3.05, 3.63) is 65.7 Å². The van der Waals surface area contributed by atoms with Crippen molar-refractivity contribution in [1.29, 1.82) is 0 Å². The Bertz CT molecular complexity index is 1000. The first-order valence-corrected chi connectivity index (χ1v) is 9.96. The van der Waals surface area contributed by atoms with Crippen LogP contribution in [-0.4, -0.2) is 51.2 Å². The van der Waals surface area contributed by atoms with E-state index in [4.69, 9.17) is 5.11 Å². The third-order valence-electron chi connectivity index (χ3n) is 5.42. The van der Waals surface area contributed by atoms with Crippen LogP contribution in [0.4, 0.5) is 4.39 Å². The molecular formula is C22H25FN4O2. The first-order chi connectivity index (χ1) is 14.1. The molecule has 1 amide bonds. The van der Waals surface area contributed by atoms with Crippen molar-refractivity contribution in [3.63, 3.8) is 0 Å². The van der Waals surface area contributed by atoms with Crippen LogP contribution in [0.2, 0.25) is 0 Å². The zero-order valence-electron chi connectivity index (χ0n) is 16.2. The van der Waals surface area contributed by atoms with Gasteiger partial charge in [-0.1, -0.05) is 18.2 Å². The van der Waals surface area contributed by atoms with Crippen LogP contribution >= 0.6 is 0 Å². The van der Waals surface area contributed by atoms with Crippen molar-refractivity contribution < 1.29 is 14.3 Å². The van der Waals surface area contributed by atoms with Crippen LogP contribution < -0.4 is 5.32 Å². The van der Waals surface area contributed by atoms with Gasteiger partial charge in [-0.2, -0.15) is 0 Å². The molecule has 2 heterocycles. The molecule has 0 radical (unpaired) electrons. The number of aromatic nitrogens is 2. The molecule has 152 valence electrons. The number of aliphatic hydroxyl groups excluding tert-OH is 1. The van der Waals surface area contributed by atoms with E-state index >= 15 is 0 Å². The second kappa shape index (κ2) is 8.71. The number of imidazole rings is 1. The van der Waals surface area contributed by atoms with Gasteiger partial charge in [-0.15, -0.1) is 0 Å². The Kier molecular flexibility index (Phi) is 5.87. The molecule has 1 aromatic heterocycles. The van der Waals surface area contributed by atoms with Gasteiger partial charge in [-0.25, -0.2) is 9.37 Å². The fraction of sp³-hybridized carbons (Fsp3) is 0.364. The van der Waals surface area contributed by atoms with Gasteiger partial charge in [0, 0.05) is 36.8 Å². The van der Waals surface area contributed by atoms with Gasteiger partial charge >= 0.3 is 0 Å². The average Bonchev–Trinajstić information content (AvgIpc) is 3.12. The fourth-order valence-corrected chi connectivity index (χ4v) is 3.94. The molecular weight excluding hydrogens is 371 g/mol. The molecule has 1 aliphatic rings. The summed E-state index contributed by atoms with van der Waals surface area (Å²) >= 11 is 0. The van der Waals surface area contributed by atoms with Gasteiger partial charge in [-0.05, 0) is 43.7 Å². The van der Waals surface area contributed by atoms with Gasteiger partial charge in [0.05, 0.1) is 24.0 Å². The summed E-state index contributed by atoms with van der Waals surface area (Å²) < 4.78 is 15.8. The molecule has 4 rings (SSSR count). The number of hydrogen-bond acceptors (Lipinski definition) is 4. The van der Waals surface area contributed by atoms with Crippen LogP contribution in [0.25, 0.3) is 11.0 Å². The number of aliphatic hydroxyl groups is 1. The lowest BCUT2D eigenvalue weighted by Gasteiger charge is -2.33. The predicted molar refractivity (Wildman–Crippen MR) is 109 cm³/mol. The maximum Gasteiger partial charge on any atom is 0.251 e. The summed E-state index contributed by atoms with van der Waals surface area (Å²) in [5.41, 5.74) is 2.88. The van der Waals surface area contributed by atoms with Crippen molar-refractivity contribution in [3.8, 4) is 0 Å². The van der Waals surface area contributed by atoms with Crippen molar-refractivity contribution >= 4 is 16.9 Å². The first-order valence-electron chi connectivity index (χ1n) is 9.96. The number of likely N-dealkylation sites (tertiary alicyclic amines) is 1. The maximum absolute atomic E-state index is 13.9. The smallest absolute Gasteiger partial charge is 0.251 e. The van der Waals surface area contributed by atoms with E-state index in [0.717, 1.165) is 30.4 Å². The molecule has 0 saturated carbocycles. The average molecular weight is 396 g/mol. The predicted octanol–water partition coefficient (Wildman–Crippen LogP) is 2.56. The number of amides is 1. The summed E-state index contributed by atoms with van der Waals surface area (Å²) in [4.78, 5) is 19.3. The van der Waals surface area contributed by atoms with E-state index in [1.54, 1.807) is 24.5 Å². The summed E-state index contributed by atoms with van der Waals surface area (Å²) in [6.07, 6.45) is 3.54. The first kappa shape index (κ1) is 19.5. The zero-order chi connectivity index (χ0) is 20.2. The van der Waals surface area contributed by atoms with E-state index in [2.05, 4.69) is 15.2 Å². The summed E-state index contributed by atoms with van der Waals surface area (Å²) in [5, 5.41) is 12.2. The van der Waals surface area contributed by atoms with E-state index < -0.39 is 0 Å². The zero-order valence-corrected chi connectivity index (χ0v) is 16.2. The minimum Gasteiger partial charge on any atom is -0.395 e. The van der Waals surface area contributed by atoms with E-state index in [-0.39, 0.29) is 24.4 Å². The second-order valence-electron chi connectivity index (χ2n) is 7.50. The largest absolute Gasteiger partial charge is 0.395 e. The van der Waals surface area contributed by atoms with Crippen molar-refractivity contribution in [2.45, 2.75) is 32.0 Å². The molecule has 1 aliphatic heterocycles. The molecule has 1 saturated heterocycles. The Labute approximate surface area is 169 Å². The minimum absolute atomic E-state index is 0.0330. The Hall–Kier alpha value is -2.77. The van der Waals surface area contributed by atoms with E-state index in [1.807, 2.05) is 22.8 Å². The molecule has 7 heteroatoms. The van der Waals surface area contributed by atoms with Crippen molar-refractivity contribution in [1.82, 2.24) is 19.8 Å². The number of nitrogens with zero attached hydrogens (tertiary/aromatic N) is 3. The molecule has 0 bridgehead atoms. The third-order valence-corrected chi connectivity index (χ3v) is 5.42. The molecule has 0 aliphatic carbocycles. The minimum atomic E-state index is -0.187. The van der Waals surface area contributed by atoms with Crippen LogP contribution in [0.3, 0.4) is 0 Å². The number of carbonyl (C=O) groups excluding carboxylic acids is 1. The monoisotopic (exact) mass is 396 g/mol. The molecule has 0 spiro atoms. The maximum atomic E-state index is 13.9. The summed E-state index contributed by atoms with van der Waals surface area (Å²) in [5.74, 6) is -0.311. The van der Waals surface area contributed by atoms with E-state index in [9.17, 15) is 9.18 Å². The molecule has 3 aromatic rings. The normalized spacial score (nSPS) is 17.5. The van der Waals surface area contributed by atoms with Gasteiger partial charge in [0.25, 0.3) is 5.91 Å². The Morgan fingerprint density at radius 1 is 1.28 bits per heavy atom. The highest BCUT2D eigenvalue weighted by Gasteiger charge is 2.23. The van der Waals surface area contributed by atoms with Gasteiger partial charge < -0.3 is 15.0 Å². The summed E-state index contributed by atoms with van der Waals surface area (Å²) in [6.45, 7) is 2.66. The third kappa shape index (κ3) is 4.46. The highest BCUT2D eigenvalue weighted by atomic mass is 19.1. The topological polar surface area (TPSA) is 70.4 Å². The fourth-order valence-electron chi connectivity index (χ4n) is 3.94. The van der Waals surface area contributed by atoms with Crippen LogP contribution in [0.1, 0.15) is 28.8 Å². The molecule has 6 nitrogen and oxygen atoms in total. The van der Waals surface area contributed by atoms with Gasteiger partial charge in [0.2, 0.25) is 0 Å². The Morgan fingerprint density at radius 3 is 2.97 bits per heavy atom. The molecule has 29 heavy (non-hydrogen) atoms. The van der Waals surface area contributed by atoms with Crippen LogP contribution in [0, 0.1) is 5.82 Å². The number of piperidine rings is 1. The molecule has 1 fully saturated rings. The molecule has 2 N–H and O–H groups in total. The second-order valence-corrected chi connectivity index (χ2v) is 7.50. The standard InChI is InChI=1S/C22H25FN4O2/c23-19-6-2-1-4-17(19)13-26-9-3-5-18(14-26)25-22(29)16-7-8-21-20(12-16)24-15-27(21)10-11-28/h1-2,4,6-8,12,15,18,28H,3,5,9-11,13-14H2,(H,25,29)/t18-/m1/s1. The van der Waals surface area contributed by atoms with Crippen molar-refractivity contribution in [2.75, 3.05) is 19.7 Å². The number of hydrogen-bond donors (Lipinski definition) is 2. The molecule has 1 atom stereocenters. The number of nitrogens with one attached hydrogen (secondary N) is 1. The van der Waals surface area contributed by atoms with Crippen LogP contribution in [0.15, 0.2) is 48.8 Å². The summed E-state index contributed by atoms with van der Waals surface area (Å²) in [6, 6.07) is 12.3. The Balaban J connectivity index is 1.40. The SMILES string of the molecule is O=C(N[C@@H]1CCCN(Cc2ccccc2F)C1)c1ccc2c(c1)ncn2CCO. The van der Waals surface area contributed by atoms with Gasteiger partial charge in [0.15, 0.2) is 0 Å². The van der Waals surface area contributed by atoms with E-state index in [1.165, 1.54) is 6.07 Å². The summed E-state index contributed by atoms with van der Waals surface area (Å²) in [7, 11) is 0. The molecule has 2 aromatic carbocycles. The quantitative estimate of drug-likeness (QED) is 0.672. The number of fused-ring (bicyclic) bond motifs is 1. The number of carbonyl (C=O) groups is 1. The van der Waals surface area contributed by atoms with Gasteiger partial charge in [-0.3, -0.25) is 9.69 Å². The number of rotatable bonds is 6. The van der Waals surface area contributed by atoms with Crippen molar-refractivity contribution in [2.24, 2.45) is 0 Å². The Morgan fingerprint density at radius 2 is 2.14 bits per heavy atom. The van der Waals surface area contributed by atoms with E-state index in [0.29, 0.717) is 30.8 Å². The highest BCUT2D eigenvalue weighted by molar-refractivity contribution is 5.97. The van der Waals surface area contributed by atoms with Crippen LogP contribution in [-0.2, 0) is 13.1 Å². The lowest BCUT2D eigenvalue weighted by molar-refractivity contribution is 0.0900. The number of benzene rings is 2. The highest BCUT2D eigenvalue weighted by Crippen LogP contribution is 2.18. The lowest BCUT2D eigenvalue weighted by Crippen LogP contribution is -2.47. The number of halogens is 1.